The maximum Gasteiger partial charge on any atom is 0.314 e. The molecule has 0 aliphatic carbocycles. The summed E-state index contributed by atoms with van der Waals surface area (Å²) in [7, 11) is 0. The second-order valence-corrected chi connectivity index (χ2v) is 5.59. The Labute approximate surface area is 128 Å². The number of furan rings is 1. The van der Waals surface area contributed by atoms with E-state index >= 15 is 0 Å². The minimum atomic E-state index is -0.463. The Kier molecular flexibility index (Phi) is 4.00. The van der Waals surface area contributed by atoms with Crippen molar-refractivity contribution in [3.63, 3.8) is 0 Å². The van der Waals surface area contributed by atoms with Gasteiger partial charge in [0.2, 0.25) is 5.91 Å². The predicted molar refractivity (Wildman–Crippen MR) is 81.9 cm³/mol. The smallest absolute Gasteiger partial charge is 0.314 e. The predicted octanol–water partition coefficient (Wildman–Crippen LogP) is 1.84. The Balaban J connectivity index is 1.58. The first kappa shape index (κ1) is 14.4. The van der Waals surface area contributed by atoms with E-state index in [1.165, 1.54) is 4.90 Å². The van der Waals surface area contributed by atoms with Crippen molar-refractivity contribution in [2.45, 2.75) is 19.4 Å². The monoisotopic (exact) mass is 301 g/mol. The van der Waals surface area contributed by atoms with Crippen LogP contribution in [0.3, 0.4) is 0 Å². The molecule has 3 amide bonds. The molecule has 1 saturated heterocycles. The van der Waals surface area contributed by atoms with Crippen molar-refractivity contribution in [3.8, 4) is 0 Å². The number of nitrogens with zero attached hydrogens (tertiary/aromatic N) is 1. The molecule has 1 aromatic carbocycles. The van der Waals surface area contributed by atoms with Gasteiger partial charge in [0.1, 0.15) is 11.3 Å². The van der Waals surface area contributed by atoms with Crippen LogP contribution < -0.4 is 11.1 Å². The third-order valence-corrected chi connectivity index (χ3v) is 4.02. The summed E-state index contributed by atoms with van der Waals surface area (Å²) in [4.78, 5) is 24.9. The van der Waals surface area contributed by atoms with E-state index in [0.717, 1.165) is 29.6 Å². The van der Waals surface area contributed by atoms with Crippen LogP contribution in [0.5, 0.6) is 0 Å². The number of nitrogens with two attached hydrogens (primary N) is 1. The number of piperidine rings is 1. The van der Waals surface area contributed by atoms with E-state index < -0.39 is 6.03 Å². The van der Waals surface area contributed by atoms with Gasteiger partial charge in [0.15, 0.2) is 0 Å². The van der Waals surface area contributed by atoms with Gasteiger partial charge in [-0.1, -0.05) is 18.2 Å². The molecular formula is C16H19N3O3. The number of urea groups is 1. The van der Waals surface area contributed by atoms with E-state index in [1.807, 2.05) is 30.3 Å². The lowest BCUT2D eigenvalue weighted by molar-refractivity contribution is -0.126. The summed E-state index contributed by atoms with van der Waals surface area (Å²) in [6.45, 7) is 1.37. The fraction of sp³-hybridized carbons (Fsp3) is 0.375. The van der Waals surface area contributed by atoms with Crippen LogP contribution in [0.25, 0.3) is 11.0 Å². The highest BCUT2D eigenvalue weighted by Gasteiger charge is 2.27. The number of nitrogens with one attached hydrogen (secondary N) is 1. The van der Waals surface area contributed by atoms with E-state index in [0.29, 0.717) is 19.6 Å². The normalized spacial score (nSPS) is 18.4. The molecule has 0 bridgehead atoms. The van der Waals surface area contributed by atoms with Crippen LogP contribution in [0.15, 0.2) is 34.7 Å². The number of benzene rings is 1. The third kappa shape index (κ3) is 3.05. The summed E-state index contributed by atoms with van der Waals surface area (Å²) in [5.41, 5.74) is 6.09. The van der Waals surface area contributed by atoms with Crippen molar-refractivity contribution < 1.29 is 14.0 Å². The van der Waals surface area contributed by atoms with Gasteiger partial charge in [0, 0.05) is 18.5 Å². The Morgan fingerprint density at radius 2 is 2.18 bits per heavy atom. The van der Waals surface area contributed by atoms with Gasteiger partial charge in [-0.3, -0.25) is 4.79 Å². The lowest BCUT2D eigenvalue weighted by Crippen LogP contribution is -2.47. The highest BCUT2D eigenvalue weighted by Crippen LogP contribution is 2.19. The molecule has 2 aromatic rings. The number of amides is 3. The first-order chi connectivity index (χ1) is 10.6. The molecule has 116 valence electrons. The van der Waals surface area contributed by atoms with Crippen LogP contribution in [0.4, 0.5) is 4.79 Å². The quantitative estimate of drug-likeness (QED) is 0.906. The van der Waals surface area contributed by atoms with Crippen LogP contribution in [0.1, 0.15) is 18.6 Å². The zero-order valence-corrected chi connectivity index (χ0v) is 12.2. The Morgan fingerprint density at radius 1 is 1.36 bits per heavy atom. The van der Waals surface area contributed by atoms with Crippen LogP contribution in [0, 0.1) is 5.92 Å². The molecule has 1 aliphatic heterocycles. The molecule has 0 radical (unpaired) electrons. The molecular weight excluding hydrogens is 282 g/mol. The number of rotatable bonds is 3. The maximum absolute atomic E-state index is 12.2. The Bertz CT molecular complexity index is 662. The van der Waals surface area contributed by atoms with Crippen molar-refractivity contribution in [2.24, 2.45) is 11.7 Å². The maximum atomic E-state index is 12.2. The molecule has 6 heteroatoms. The molecule has 6 nitrogen and oxygen atoms in total. The fourth-order valence-corrected chi connectivity index (χ4v) is 2.83. The van der Waals surface area contributed by atoms with Gasteiger partial charge >= 0.3 is 6.03 Å². The standard InChI is InChI=1S/C16H19N3O3/c17-16(21)19-7-3-5-12(10-19)15(20)18-9-13-8-11-4-1-2-6-14(11)22-13/h1-2,4,6,8,12H,3,5,7,9-10H2,(H2,17,21)(H,18,20). The van der Waals surface area contributed by atoms with Crippen LogP contribution in [-0.2, 0) is 11.3 Å². The van der Waals surface area contributed by atoms with Crippen LogP contribution in [-0.4, -0.2) is 29.9 Å². The number of hydrogen-bond donors (Lipinski definition) is 2. The molecule has 0 spiro atoms. The summed E-state index contributed by atoms with van der Waals surface area (Å²) in [5.74, 6) is 0.453. The van der Waals surface area contributed by atoms with Crippen LogP contribution >= 0.6 is 0 Å². The zero-order valence-electron chi connectivity index (χ0n) is 12.2. The SMILES string of the molecule is NC(=O)N1CCCC(C(=O)NCc2cc3ccccc3o2)C1. The van der Waals surface area contributed by atoms with Gasteiger partial charge in [-0.25, -0.2) is 4.79 Å². The Hall–Kier alpha value is -2.50. The van der Waals surface area contributed by atoms with E-state index in [-0.39, 0.29) is 11.8 Å². The lowest BCUT2D eigenvalue weighted by Gasteiger charge is -2.30. The number of hydrogen-bond acceptors (Lipinski definition) is 3. The highest BCUT2D eigenvalue weighted by atomic mass is 16.3. The summed E-state index contributed by atoms with van der Waals surface area (Å²) in [5, 5.41) is 3.90. The summed E-state index contributed by atoms with van der Waals surface area (Å²) in [6, 6.07) is 9.18. The average molecular weight is 301 g/mol. The molecule has 1 aliphatic rings. The van der Waals surface area contributed by atoms with Crippen molar-refractivity contribution in [1.82, 2.24) is 10.2 Å². The van der Waals surface area contributed by atoms with Gasteiger partial charge in [-0.05, 0) is 25.0 Å². The first-order valence-corrected chi connectivity index (χ1v) is 7.43. The number of carbonyl (C=O) groups is 2. The summed E-state index contributed by atoms with van der Waals surface area (Å²) < 4.78 is 5.67. The van der Waals surface area contributed by atoms with Gasteiger partial charge < -0.3 is 20.4 Å². The minimum Gasteiger partial charge on any atom is -0.459 e. The number of primary amides is 1. The second-order valence-electron chi connectivity index (χ2n) is 5.59. The summed E-state index contributed by atoms with van der Waals surface area (Å²) >= 11 is 0. The molecule has 2 heterocycles. The van der Waals surface area contributed by atoms with Crippen molar-refractivity contribution in [3.05, 3.63) is 36.1 Å². The molecule has 22 heavy (non-hydrogen) atoms. The lowest BCUT2D eigenvalue weighted by atomic mass is 9.97. The topological polar surface area (TPSA) is 88.6 Å². The second kappa shape index (κ2) is 6.09. The van der Waals surface area contributed by atoms with E-state index in [2.05, 4.69) is 5.32 Å². The number of carbonyl (C=O) groups excluding carboxylic acids is 2. The molecule has 0 saturated carbocycles. The molecule has 1 fully saturated rings. The fourth-order valence-electron chi connectivity index (χ4n) is 2.83. The van der Waals surface area contributed by atoms with E-state index in [9.17, 15) is 9.59 Å². The van der Waals surface area contributed by atoms with Crippen molar-refractivity contribution in [2.75, 3.05) is 13.1 Å². The number of fused-ring (bicyclic) bond motifs is 1. The molecule has 3 rings (SSSR count). The van der Waals surface area contributed by atoms with E-state index in [4.69, 9.17) is 10.2 Å². The van der Waals surface area contributed by atoms with Gasteiger partial charge in [0.05, 0.1) is 12.5 Å². The molecule has 1 unspecified atom stereocenters. The summed E-state index contributed by atoms with van der Waals surface area (Å²) in [6.07, 6.45) is 1.57. The number of para-hydroxylation sites is 1. The van der Waals surface area contributed by atoms with Crippen LogP contribution in [0.2, 0.25) is 0 Å². The third-order valence-electron chi connectivity index (χ3n) is 4.02. The largest absolute Gasteiger partial charge is 0.459 e. The Morgan fingerprint density at radius 3 is 2.95 bits per heavy atom. The average Bonchev–Trinajstić information content (AvgIpc) is 2.95. The van der Waals surface area contributed by atoms with Gasteiger partial charge in [-0.2, -0.15) is 0 Å². The molecule has 1 atom stereocenters. The molecule has 1 aromatic heterocycles. The number of likely N-dealkylation sites (tertiary alicyclic amines) is 1. The van der Waals surface area contributed by atoms with E-state index in [1.54, 1.807) is 0 Å². The van der Waals surface area contributed by atoms with Gasteiger partial charge in [0.25, 0.3) is 0 Å². The highest BCUT2D eigenvalue weighted by molar-refractivity contribution is 5.81. The van der Waals surface area contributed by atoms with Crippen molar-refractivity contribution >= 4 is 22.9 Å². The zero-order chi connectivity index (χ0) is 15.5. The first-order valence-electron chi connectivity index (χ1n) is 7.43. The van der Waals surface area contributed by atoms with Crippen molar-refractivity contribution in [1.29, 1.82) is 0 Å². The molecule has 3 N–H and O–H groups in total. The minimum absolute atomic E-state index is 0.0635. The van der Waals surface area contributed by atoms with Gasteiger partial charge in [-0.15, -0.1) is 0 Å².